The van der Waals surface area contributed by atoms with E-state index in [9.17, 15) is 9.90 Å². The van der Waals surface area contributed by atoms with Gasteiger partial charge in [0.2, 0.25) is 5.91 Å². The molecule has 0 unspecified atom stereocenters. The van der Waals surface area contributed by atoms with Crippen molar-refractivity contribution >= 4 is 5.91 Å². The van der Waals surface area contributed by atoms with E-state index in [0.717, 1.165) is 12.1 Å². The lowest BCUT2D eigenvalue weighted by molar-refractivity contribution is -0.136. The quantitative estimate of drug-likeness (QED) is 0.781. The van der Waals surface area contributed by atoms with E-state index in [2.05, 4.69) is 22.1 Å². The molecule has 0 spiro atoms. The molecule has 3 rings (SSSR count). The SMILES string of the molecule is CC(C)(C)[C@H](N)C(=O)N1C[C@H](O)C[C@H]1c1ncc(Cc2ccccc2)[nH]1. The van der Waals surface area contributed by atoms with Gasteiger partial charge in [0.15, 0.2) is 0 Å². The Morgan fingerprint density at radius 3 is 2.73 bits per heavy atom. The molecule has 1 aromatic carbocycles. The highest BCUT2D eigenvalue weighted by Crippen LogP contribution is 2.33. The van der Waals surface area contributed by atoms with E-state index in [1.807, 2.05) is 39.0 Å². The fraction of sp³-hybridized carbons (Fsp3) is 0.500. The van der Waals surface area contributed by atoms with Crippen LogP contribution in [0.3, 0.4) is 0 Å². The molecule has 0 bridgehead atoms. The third-order valence-corrected chi connectivity index (χ3v) is 4.96. The monoisotopic (exact) mass is 356 g/mol. The molecule has 6 heteroatoms. The van der Waals surface area contributed by atoms with Crippen LogP contribution in [0.2, 0.25) is 0 Å². The number of hydrogen-bond donors (Lipinski definition) is 3. The van der Waals surface area contributed by atoms with Crippen LogP contribution in [-0.4, -0.2) is 44.6 Å². The highest BCUT2D eigenvalue weighted by atomic mass is 16.3. The van der Waals surface area contributed by atoms with Crippen molar-refractivity contribution in [1.29, 1.82) is 0 Å². The largest absolute Gasteiger partial charge is 0.391 e. The Bertz CT molecular complexity index is 751. The lowest BCUT2D eigenvalue weighted by atomic mass is 9.86. The number of aromatic amines is 1. The second-order valence-corrected chi connectivity index (χ2v) is 8.20. The Kier molecular flexibility index (Phi) is 5.16. The third kappa shape index (κ3) is 3.97. The molecule has 4 N–H and O–H groups in total. The zero-order valence-electron chi connectivity index (χ0n) is 15.6. The predicted octanol–water partition coefficient (Wildman–Crippen LogP) is 2.01. The van der Waals surface area contributed by atoms with Crippen LogP contribution >= 0.6 is 0 Å². The van der Waals surface area contributed by atoms with Crippen LogP contribution in [0.15, 0.2) is 36.5 Å². The summed E-state index contributed by atoms with van der Waals surface area (Å²) in [5.41, 5.74) is 8.00. The molecule has 2 heterocycles. The number of nitrogens with two attached hydrogens (primary N) is 1. The normalized spacial score (nSPS) is 21.8. The number of hydrogen-bond acceptors (Lipinski definition) is 4. The van der Waals surface area contributed by atoms with Gasteiger partial charge in [0.1, 0.15) is 5.82 Å². The summed E-state index contributed by atoms with van der Waals surface area (Å²) >= 11 is 0. The van der Waals surface area contributed by atoms with E-state index in [1.165, 1.54) is 5.56 Å². The second-order valence-electron chi connectivity index (χ2n) is 8.20. The summed E-state index contributed by atoms with van der Waals surface area (Å²) in [5.74, 6) is 0.571. The third-order valence-electron chi connectivity index (χ3n) is 4.96. The molecule has 1 aliphatic heterocycles. The minimum absolute atomic E-state index is 0.139. The lowest BCUT2D eigenvalue weighted by Gasteiger charge is -2.32. The average Bonchev–Trinajstić information content (AvgIpc) is 3.20. The van der Waals surface area contributed by atoms with Crippen molar-refractivity contribution in [2.45, 2.75) is 51.8 Å². The molecular weight excluding hydrogens is 328 g/mol. The molecule has 1 amide bonds. The Morgan fingerprint density at radius 1 is 1.38 bits per heavy atom. The van der Waals surface area contributed by atoms with E-state index in [0.29, 0.717) is 18.8 Å². The van der Waals surface area contributed by atoms with Gasteiger partial charge in [-0.1, -0.05) is 51.1 Å². The van der Waals surface area contributed by atoms with Crippen LogP contribution < -0.4 is 5.73 Å². The van der Waals surface area contributed by atoms with Gasteiger partial charge in [0.25, 0.3) is 0 Å². The van der Waals surface area contributed by atoms with Gasteiger partial charge in [0, 0.05) is 31.3 Å². The summed E-state index contributed by atoms with van der Waals surface area (Å²) < 4.78 is 0. The van der Waals surface area contributed by atoms with Crippen molar-refractivity contribution in [3.63, 3.8) is 0 Å². The van der Waals surface area contributed by atoms with E-state index in [-0.39, 0.29) is 17.4 Å². The van der Waals surface area contributed by atoms with Gasteiger partial charge in [-0.2, -0.15) is 0 Å². The molecule has 0 aliphatic carbocycles. The number of benzene rings is 1. The zero-order valence-corrected chi connectivity index (χ0v) is 15.6. The zero-order chi connectivity index (χ0) is 18.9. The number of imidazole rings is 1. The van der Waals surface area contributed by atoms with Crippen LogP contribution in [0.5, 0.6) is 0 Å². The minimum Gasteiger partial charge on any atom is -0.391 e. The number of nitrogens with zero attached hydrogens (tertiary/aromatic N) is 2. The predicted molar refractivity (Wildman–Crippen MR) is 100 cm³/mol. The molecule has 1 aliphatic rings. The maximum atomic E-state index is 12.9. The van der Waals surface area contributed by atoms with E-state index < -0.39 is 12.1 Å². The van der Waals surface area contributed by atoms with Crippen molar-refractivity contribution in [1.82, 2.24) is 14.9 Å². The first kappa shape index (κ1) is 18.6. The second kappa shape index (κ2) is 7.21. The maximum absolute atomic E-state index is 12.9. The van der Waals surface area contributed by atoms with Crippen LogP contribution in [0.4, 0.5) is 0 Å². The van der Waals surface area contributed by atoms with Crippen molar-refractivity contribution in [3.05, 3.63) is 53.6 Å². The van der Waals surface area contributed by atoms with E-state index >= 15 is 0 Å². The molecular formula is C20H28N4O2. The van der Waals surface area contributed by atoms with Gasteiger partial charge in [-0.25, -0.2) is 4.98 Å². The average molecular weight is 356 g/mol. The number of carbonyl (C=O) groups excluding carboxylic acids is 1. The lowest BCUT2D eigenvalue weighted by Crippen LogP contribution is -2.50. The number of amides is 1. The molecule has 140 valence electrons. The molecule has 6 nitrogen and oxygen atoms in total. The first-order chi connectivity index (χ1) is 12.3. The van der Waals surface area contributed by atoms with E-state index in [1.54, 1.807) is 11.1 Å². The topological polar surface area (TPSA) is 95.2 Å². The number of H-pyrrole nitrogens is 1. The number of carbonyl (C=O) groups is 1. The highest BCUT2D eigenvalue weighted by Gasteiger charge is 2.41. The van der Waals surface area contributed by atoms with Gasteiger partial charge in [-0.3, -0.25) is 4.79 Å². The fourth-order valence-corrected chi connectivity index (χ4v) is 3.32. The molecule has 0 saturated carbocycles. The van der Waals surface area contributed by atoms with Gasteiger partial charge in [-0.15, -0.1) is 0 Å². The first-order valence-electron chi connectivity index (χ1n) is 9.07. The molecule has 0 radical (unpaired) electrons. The van der Waals surface area contributed by atoms with Gasteiger partial charge in [0.05, 0.1) is 18.2 Å². The summed E-state index contributed by atoms with van der Waals surface area (Å²) in [7, 11) is 0. The number of aliphatic hydroxyl groups is 1. The van der Waals surface area contributed by atoms with Crippen molar-refractivity contribution < 1.29 is 9.90 Å². The number of likely N-dealkylation sites (tertiary alicyclic amines) is 1. The smallest absolute Gasteiger partial charge is 0.240 e. The Morgan fingerprint density at radius 2 is 2.08 bits per heavy atom. The highest BCUT2D eigenvalue weighted by molar-refractivity contribution is 5.83. The Labute approximate surface area is 154 Å². The van der Waals surface area contributed by atoms with Gasteiger partial charge >= 0.3 is 0 Å². The Hall–Kier alpha value is -2.18. The summed E-state index contributed by atoms with van der Waals surface area (Å²) in [6, 6.07) is 9.26. The summed E-state index contributed by atoms with van der Waals surface area (Å²) in [6.45, 7) is 6.13. The number of aliphatic hydroxyl groups excluding tert-OH is 1. The van der Waals surface area contributed by atoms with Crippen molar-refractivity contribution in [2.75, 3.05) is 6.54 Å². The molecule has 2 aromatic rings. The number of aromatic nitrogens is 2. The molecule has 1 aromatic heterocycles. The van der Waals surface area contributed by atoms with E-state index in [4.69, 9.17) is 5.73 Å². The van der Waals surface area contributed by atoms with Gasteiger partial charge in [-0.05, 0) is 11.0 Å². The molecule has 3 atom stereocenters. The maximum Gasteiger partial charge on any atom is 0.240 e. The van der Waals surface area contributed by atoms with Crippen LogP contribution in [0.25, 0.3) is 0 Å². The molecule has 1 fully saturated rings. The fourth-order valence-electron chi connectivity index (χ4n) is 3.32. The molecule has 26 heavy (non-hydrogen) atoms. The van der Waals surface area contributed by atoms with Crippen molar-refractivity contribution in [2.24, 2.45) is 11.1 Å². The molecule has 1 saturated heterocycles. The van der Waals surface area contributed by atoms with Crippen LogP contribution in [-0.2, 0) is 11.2 Å². The standard InChI is InChI=1S/C20H28N4O2/c1-20(2,3)17(21)19(26)24-12-15(25)10-16(24)18-22-11-14(23-18)9-13-7-5-4-6-8-13/h4-8,11,15-17,25H,9-10,12,21H2,1-3H3,(H,22,23)/t15-,16+,17-/m1/s1. The van der Waals surface area contributed by atoms with Crippen molar-refractivity contribution in [3.8, 4) is 0 Å². The number of nitrogens with one attached hydrogen (secondary N) is 1. The Balaban J connectivity index is 1.78. The summed E-state index contributed by atoms with van der Waals surface area (Å²) in [6.07, 6.45) is 2.47. The number of β-amino-alcohol motifs (C(OH)–C–C–N with tert-alkyl or cyclic N) is 1. The van der Waals surface area contributed by atoms with Gasteiger partial charge < -0.3 is 20.7 Å². The van der Waals surface area contributed by atoms with Crippen LogP contribution in [0.1, 0.15) is 50.3 Å². The summed E-state index contributed by atoms with van der Waals surface area (Å²) in [4.78, 5) is 22.4. The number of rotatable bonds is 4. The first-order valence-corrected chi connectivity index (χ1v) is 9.07. The minimum atomic E-state index is -0.617. The van der Waals surface area contributed by atoms with Crippen LogP contribution in [0, 0.1) is 5.41 Å². The summed E-state index contributed by atoms with van der Waals surface area (Å²) in [5, 5.41) is 10.1.